The van der Waals surface area contributed by atoms with Gasteiger partial charge in [0.15, 0.2) is 23.0 Å². The van der Waals surface area contributed by atoms with E-state index < -0.39 is 0 Å². The molecule has 1 aliphatic heterocycles. The lowest BCUT2D eigenvalue weighted by molar-refractivity contribution is 0.00627. The fraction of sp³-hybridized carbons (Fsp3) is 0.552. The molecule has 7 nitrogen and oxygen atoms in total. The van der Waals surface area contributed by atoms with Crippen molar-refractivity contribution in [3.05, 3.63) is 48.5 Å². The first-order chi connectivity index (χ1) is 18.2. The van der Waals surface area contributed by atoms with Gasteiger partial charge in [-0.2, -0.15) is 0 Å². The molecule has 0 fully saturated rings. The van der Waals surface area contributed by atoms with E-state index in [4.69, 9.17) is 40.6 Å². The molecular weight excluding hydrogens is 490 g/mol. The van der Waals surface area contributed by atoms with Crippen LogP contribution in [0.5, 0.6) is 23.0 Å². The van der Waals surface area contributed by atoms with Crippen molar-refractivity contribution >= 4 is 17.2 Å². The first-order valence-corrected chi connectivity index (χ1v) is 13.8. The Morgan fingerprint density at radius 1 is 0.757 bits per heavy atom. The molecule has 0 N–H and O–H groups in total. The van der Waals surface area contributed by atoms with E-state index in [0.717, 1.165) is 43.8 Å². The number of nitrogens with zero attached hydrogens (tertiary/aromatic N) is 1. The van der Waals surface area contributed by atoms with Gasteiger partial charge in [-0.05, 0) is 37.1 Å². The first-order valence-electron chi connectivity index (χ1n) is 13.4. The monoisotopic (exact) mass is 531 g/mol. The van der Waals surface area contributed by atoms with Crippen LogP contribution in [0.4, 0.5) is 0 Å². The molecule has 0 spiro atoms. The zero-order valence-corrected chi connectivity index (χ0v) is 23.0. The van der Waals surface area contributed by atoms with E-state index in [0.29, 0.717) is 56.0 Å². The van der Waals surface area contributed by atoms with Gasteiger partial charge in [0.1, 0.15) is 37.5 Å². The summed E-state index contributed by atoms with van der Waals surface area (Å²) in [5, 5.41) is 0. The van der Waals surface area contributed by atoms with Crippen molar-refractivity contribution in [2.75, 3.05) is 59.3 Å². The Morgan fingerprint density at radius 3 is 1.68 bits per heavy atom. The second kappa shape index (κ2) is 17.1. The molecule has 0 unspecified atom stereocenters. The molecule has 0 atom stereocenters. The maximum Gasteiger partial charge on any atom is 0.161 e. The molecule has 0 aliphatic carbocycles. The van der Waals surface area contributed by atoms with Gasteiger partial charge in [0.25, 0.3) is 0 Å². The van der Waals surface area contributed by atoms with Crippen molar-refractivity contribution in [1.82, 2.24) is 4.90 Å². The van der Waals surface area contributed by atoms with Crippen LogP contribution >= 0.6 is 12.2 Å². The highest BCUT2D eigenvalue weighted by atomic mass is 32.1. The lowest BCUT2D eigenvalue weighted by atomic mass is 10.2. The Morgan fingerprint density at radius 2 is 1.22 bits per heavy atom. The fourth-order valence-corrected chi connectivity index (χ4v) is 4.00. The third kappa shape index (κ3) is 10.4. The average molecular weight is 532 g/mol. The van der Waals surface area contributed by atoms with Crippen molar-refractivity contribution < 1.29 is 28.4 Å². The summed E-state index contributed by atoms with van der Waals surface area (Å²) in [5.74, 6) is 2.64. The lowest BCUT2D eigenvalue weighted by Crippen LogP contribution is -2.37. The van der Waals surface area contributed by atoms with Crippen molar-refractivity contribution in [3.63, 3.8) is 0 Å². The number of hydrogen-bond donors (Lipinski definition) is 0. The highest BCUT2D eigenvalue weighted by Crippen LogP contribution is 2.28. The number of ether oxygens (including phenoxy) is 6. The van der Waals surface area contributed by atoms with Gasteiger partial charge in [-0.3, -0.25) is 0 Å². The number of hydrogen-bond acceptors (Lipinski definition) is 7. The molecule has 37 heavy (non-hydrogen) atoms. The topological polar surface area (TPSA) is 58.6 Å². The van der Waals surface area contributed by atoms with Gasteiger partial charge in [0, 0.05) is 13.1 Å². The van der Waals surface area contributed by atoms with Crippen molar-refractivity contribution in [3.8, 4) is 23.0 Å². The lowest BCUT2D eigenvalue weighted by Gasteiger charge is -2.27. The smallest absolute Gasteiger partial charge is 0.161 e. The van der Waals surface area contributed by atoms with Crippen LogP contribution in [0.1, 0.15) is 39.5 Å². The number of benzene rings is 2. The van der Waals surface area contributed by atoms with E-state index >= 15 is 0 Å². The van der Waals surface area contributed by atoms with Crippen molar-refractivity contribution in [2.24, 2.45) is 0 Å². The van der Waals surface area contributed by atoms with Gasteiger partial charge in [-0.25, -0.2) is 0 Å². The minimum absolute atomic E-state index is 0.284. The van der Waals surface area contributed by atoms with E-state index in [9.17, 15) is 0 Å². The molecular formula is C29H41NO6S. The fourth-order valence-electron chi connectivity index (χ4n) is 3.75. The summed E-state index contributed by atoms with van der Waals surface area (Å²) in [4.78, 5) is 3.09. The Balaban J connectivity index is 1.71. The molecule has 2 aromatic carbocycles. The molecule has 1 aliphatic rings. The quantitative estimate of drug-likeness (QED) is 0.391. The Labute approximate surface area is 226 Å². The van der Waals surface area contributed by atoms with Crippen molar-refractivity contribution in [1.29, 1.82) is 0 Å². The van der Waals surface area contributed by atoms with E-state index in [1.54, 1.807) is 0 Å². The minimum Gasteiger partial charge on any atom is -0.487 e. The number of unbranched alkanes of at least 4 members (excludes halogenated alkanes) is 2. The molecule has 1 heterocycles. The van der Waals surface area contributed by atoms with Crippen LogP contribution in [0.25, 0.3) is 0 Å². The predicted octanol–water partition coefficient (Wildman–Crippen LogP) is 5.55. The molecule has 2 aromatic rings. The molecule has 0 amide bonds. The van der Waals surface area contributed by atoms with Gasteiger partial charge in [-0.1, -0.05) is 63.2 Å². The second-order valence-corrected chi connectivity index (χ2v) is 9.32. The summed E-state index contributed by atoms with van der Waals surface area (Å²) in [7, 11) is 0. The molecule has 0 bridgehead atoms. The maximum atomic E-state index is 6.29. The molecule has 204 valence electrons. The summed E-state index contributed by atoms with van der Waals surface area (Å²) in [6.07, 6.45) is 4.13. The van der Waals surface area contributed by atoms with Crippen LogP contribution in [-0.4, -0.2) is 75.3 Å². The minimum atomic E-state index is -0.352. The summed E-state index contributed by atoms with van der Waals surface area (Å²) < 4.78 is 36.0. The standard InChI is InChI=1S/C29H41NO6S/c1-3-5-15-30(16-6-4-2)29(37)23-34-24-21-35-27-13-9-7-11-25(27)32-19-17-31-18-20-33-26-12-8-10-14-28(26)36-22-24/h7-14,24H,3-6,15-23H2,1-2H3. The number of fused-ring (bicyclic) bond motifs is 2. The van der Waals surface area contributed by atoms with Crippen LogP contribution in [0.2, 0.25) is 0 Å². The first kappa shape index (κ1) is 29.0. The Kier molecular flexibility index (Phi) is 13.4. The highest BCUT2D eigenvalue weighted by molar-refractivity contribution is 7.80. The highest BCUT2D eigenvalue weighted by Gasteiger charge is 2.18. The van der Waals surface area contributed by atoms with E-state index in [1.807, 2.05) is 48.5 Å². The van der Waals surface area contributed by atoms with Gasteiger partial charge in [0.2, 0.25) is 0 Å². The van der Waals surface area contributed by atoms with Gasteiger partial charge < -0.3 is 33.3 Å². The van der Waals surface area contributed by atoms with Crippen LogP contribution in [0, 0.1) is 0 Å². The van der Waals surface area contributed by atoms with Crippen molar-refractivity contribution in [2.45, 2.75) is 45.6 Å². The number of rotatable bonds is 9. The summed E-state index contributed by atoms with van der Waals surface area (Å²) in [5.41, 5.74) is 0. The zero-order chi connectivity index (χ0) is 26.1. The molecule has 0 saturated heterocycles. The van der Waals surface area contributed by atoms with Crippen LogP contribution in [-0.2, 0) is 9.47 Å². The maximum absolute atomic E-state index is 6.29. The summed E-state index contributed by atoms with van der Waals surface area (Å²) in [6, 6.07) is 15.2. The molecule has 0 radical (unpaired) electrons. The molecule has 0 saturated carbocycles. The third-order valence-electron chi connectivity index (χ3n) is 5.88. The van der Waals surface area contributed by atoms with Gasteiger partial charge in [-0.15, -0.1) is 0 Å². The predicted molar refractivity (Wildman–Crippen MR) is 149 cm³/mol. The van der Waals surface area contributed by atoms with E-state index in [2.05, 4.69) is 18.7 Å². The molecule has 3 rings (SSSR count). The second-order valence-electron chi connectivity index (χ2n) is 8.85. The van der Waals surface area contributed by atoms with Crippen LogP contribution in [0.3, 0.4) is 0 Å². The number of thiocarbonyl (C=S) groups is 1. The van der Waals surface area contributed by atoms with Crippen LogP contribution in [0.15, 0.2) is 48.5 Å². The Hall–Kier alpha value is -2.55. The third-order valence-corrected chi connectivity index (χ3v) is 6.25. The summed E-state index contributed by atoms with van der Waals surface area (Å²) in [6.45, 7) is 8.94. The van der Waals surface area contributed by atoms with Gasteiger partial charge >= 0.3 is 0 Å². The molecule has 0 aromatic heterocycles. The SMILES string of the molecule is CCCCN(CCCC)C(=S)COC1COc2ccccc2OCCOCCOc2ccccc2OC1. The van der Waals surface area contributed by atoms with E-state index in [-0.39, 0.29) is 19.3 Å². The zero-order valence-electron chi connectivity index (χ0n) is 22.2. The summed E-state index contributed by atoms with van der Waals surface area (Å²) >= 11 is 5.77. The normalized spacial score (nSPS) is 15.2. The van der Waals surface area contributed by atoms with E-state index in [1.165, 1.54) is 0 Å². The Bertz CT molecular complexity index is 863. The van der Waals surface area contributed by atoms with Crippen LogP contribution < -0.4 is 18.9 Å². The largest absolute Gasteiger partial charge is 0.487 e. The van der Waals surface area contributed by atoms with Gasteiger partial charge in [0.05, 0.1) is 19.8 Å². The number of para-hydroxylation sites is 4. The molecule has 8 heteroatoms. The average Bonchev–Trinajstić information content (AvgIpc) is 2.92.